The third-order valence-electron chi connectivity index (χ3n) is 3.53. The van der Waals surface area contributed by atoms with Gasteiger partial charge in [-0.25, -0.2) is 8.78 Å². The molecule has 0 N–H and O–H groups in total. The van der Waals surface area contributed by atoms with Crippen LogP contribution in [-0.2, 0) is 9.67 Å². The van der Waals surface area contributed by atoms with E-state index in [-0.39, 0.29) is 5.91 Å². The molecule has 0 aliphatic carbocycles. The molecule has 0 saturated carbocycles. The van der Waals surface area contributed by atoms with Crippen LogP contribution in [-0.4, -0.2) is 13.0 Å². The fourth-order valence-corrected chi connectivity index (χ4v) is 2.90. The molecule has 2 aromatic rings. The van der Waals surface area contributed by atoms with Crippen molar-refractivity contribution in [1.82, 2.24) is 0 Å². The first kappa shape index (κ1) is 13.1. The number of anilines is 1. The second-order valence-electron chi connectivity index (χ2n) is 4.69. The summed E-state index contributed by atoms with van der Waals surface area (Å²) in [5.41, 5.74) is 1.34. The van der Waals surface area contributed by atoms with E-state index in [0.29, 0.717) is 16.8 Å². The molecule has 0 saturated heterocycles. The van der Waals surface area contributed by atoms with Crippen molar-refractivity contribution in [2.24, 2.45) is 0 Å². The van der Waals surface area contributed by atoms with Crippen LogP contribution in [0.1, 0.15) is 11.1 Å². The van der Waals surface area contributed by atoms with E-state index in [2.05, 4.69) is 0 Å². The molecule has 3 rings (SSSR count). The molecule has 0 bridgehead atoms. The molecule has 0 aromatic heterocycles. The molecule has 2 nitrogen and oxygen atoms in total. The van der Waals surface area contributed by atoms with Gasteiger partial charge in [-0.05, 0) is 35.9 Å². The Kier molecular flexibility index (Phi) is 2.80. The lowest BCUT2D eigenvalue weighted by Crippen LogP contribution is -2.35. The third-order valence-corrected chi connectivity index (χ3v) is 4.12. The van der Waals surface area contributed by atoms with Crippen LogP contribution in [0.2, 0.25) is 0 Å². The highest BCUT2D eigenvalue weighted by molar-refractivity contribution is 6.41. The van der Waals surface area contributed by atoms with E-state index < -0.39 is 16.5 Å². The van der Waals surface area contributed by atoms with Crippen LogP contribution in [0, 0.1) is 11.6 Å². The summed E-state index contributed by atoms with van der Waals surface area (Å²) in [6.07, 6.45) is 0. The van der Waals surface area contributed by atoms with Crippen molar-refractivity contribution >= 4 is 23.2 Å². The van der Waals surface area contributed by atoms with Crippen LogP contribution < -0.4 is 4.90 Å². The average molecular weight is 294 g/mol. The van der Waals surface area contributed by atoms with Gasteiger partial charge in [-0.15, -0.1) is 0 Å². The number of amides is 1. The summed E-state index contributed by atoms with van der Waals surface area (Å²) >= 11 is 6.52. The number of fused-ring (bicyclic) bond motifs is 1. The number of alkyl halides is 1. The molecule has 1 amide bonds. The predicted octanol–water partition coefficient (Wildman–Crippen LogP) is 3.42. The highest BCUT2D eigenvalue weighted by Gasteiger charge is 2.50. The highest BCUT2D eigenvalue weighted by atomic mass is 35.5. The van der Waals surface area contributed by atoms with E-state index >= 15 is 0 Å². The molecule has 1 heterocycles. The number of halogens is 3. The number of rotatable bonds is 1. The predicted molar refractivity (Wildman–Crippen MR) is 72.8 cm³/mol. The summed E-state index contributed by atoms with van der Waals surface area (Å²) in [5, 5.41) is 0. The van der Waals surface area contributed by atoms with Crippen LogP contribution >= 0.6 is 11.6 Å². The summed E-state index contributed by atoms with van der Waals surface area (Å²) in [5.74, 6) is -1.28. The molecular formula is C15H10ClF2NO. The molecule has 1 aliphatic heterocycles. The highest BCUT2D eigenvalue weighted by Crippen LogP contribution is 2.48. The Morgan fingerprint density at radius 1 is 1.05 bits per heavy atom. The largest absolute Gasteiger partial charge is 0.313 e. The Morgan fingerprint density at radius 2 is 1.65 bits per heavy atom. The first-order chi connectivity index (χ1) is 9.44. The normalized spacial score (nSPS) is 21.2. The smallest absolute Gasteiger partial charge is 0.257 e. The minimum Gasteiger partial charge on any atom is -0.313 e. The van der Waals surface area contributed by atoms with E-state index in [1.54, 1.807) is 7.05 Å². The van der Waals surface area contributed by atoms with E-state index in [1.807, 2.05) is 0 Å². The van der Waals surface area contributed by atoms with Gasteiger partial charge in [0, 0.05) is 18.3 Å². The zero-order valence-electron chi connectivity index (χ0n) is 10.5. The Morgan fingerprint density at radius 3 is 2.30 bits per heavy atom. The minimum atomic E-state index is -1.51. The second-order valence-corrected chi connectivity index (χ2v) is 5.26. The van der Waals surface area contributed by atoms with Crippen molar-refractivity contribution < 1.29 is 13.6 Å². The second kappa shape index (κ2) is 4.28. The molecule has 1 aliphatic rings. The topological polar surface area (TPSA) is 20.3 Å². The fourth-order valence-electron chi connectivity index (χ4n) is 2.49. The van der Waals surface area contributed by atoms with Crippen LogP contribution in [0.3, 0.4) is 0 Å². The van der Waals surface area contributed by atoms with Crippen LogP contribution in [0.25, 0.3) is 0 Å². The maximum absolute atomic E-state index is 13.5. The molecule has 2 aromatic carbocycles. The Hall–Kier alpha value is -1.94. The van der Waals surface area contributed by atoms with E-state index in [4.69, 9.17) is 11.6 Å². The fraction of sp³-hybridized carbons (Fsp3) is 0.133. The van der Waals surface area contributed by atoms with E-state index in [1.165, 1.54) is 47.4 Å². The Labute approximate surface area is 119 Å². The van der Waals surface area contributed by atoms with Gasteiger partial charge < -0.3 is 4.90 Å². The summed E-state index contributed by atoms with van der Waals surface area (Å²) in [7, 11) is 1.58. The molecule has 20 heavy (non-hydrogen) atoms. The molecule has 0 radical (unpaired) electrons. The van der Waals surface area contributed by atoms with Gasteiger partial charge in [-0.1, -0.05) is 23.7 Å². The van der Waals surface area contributed by atoms with Gasteiger partial charge >= 0.3 is 0 Å². The van der Waals surface area contributed by atoms with E-state index in [9.17, 15) is 13.6 Å². The molecular weight excluding hydrogens is 284 g/mol. The first-order valence-corrected chi connectivity index (χ1v) is 6.35. The molecule has 102 valence electrons. The van der Waals surface area contributed by atoms with Gasteiger partial charge in [0.25, 0.3) is 5.91 Å². The van der Waals surface area contributed by atoms with Crippen LogP contribution in [0.5, 0.6) is 0 Å². The minimum absolute atomic E-state index is 0.373. The summed E-state index contributed by atoms with van der Waals surface area (Å²) in [6.45, 7) is 0. The first-order valence-electron chi connectivity index (χ1n) is 5.97. The molecule has 1 atom stereocenters. The SMILES string of the molecule is CN1C(=O)C(Cl)(c2ccc(F)cc2)c2cc(F)ccc21. The van der Waals surface area contributed by atoms with Gasteiger partial charge in [0.2, 0.25) is 0 Å². The lowest BCUT2D eigenvalue weighted by atomic mass is 9.91. The number of nitrogens with zero attached hydrogens (tertiary/aromatic N) is 1. The quantitative estimate of drug-likeness (QED) is 0.738. The van der Waals surface area contributed by atoms with Gasteiger partial charge in [0.1, 0.15) is 11.6 Å². The summed E-state index contributed by atoms with van der Waals surface area (Å²) in [4.78, 5) is 12.3. The van der Waals surface area contributed by atoms with Crippen molar-refractivity contribution in [3.05, 3.63) is 65.2 Å². The molecule has 0 spiro atoms. The van der Waals surface area contributed by atoms with Gasteiger partial charge in [0.05, 0.1) is 0 Å². The number of hydrogen-bond donors (Lipinski definition) is 0. The number of carbonyl (C=O) groups is 1. The van der Waals surface area contributed by atoms with Crippen molar-refractivity contribution in [3.8, 4) is 0 Å². The molecule has 5 heteroatoms. The van der Waals surface area contributed by atoms with Crippen LogP contribution in [0.15, 0.2) is 42.5 Å². The maximum Gasteiger partial charge on any atom is 0.257 e. The van der Waals surface area contributed by atoms with Gasteiger partial charge in [-0.2, -0.15) is 0 Å². The van der Waals surface area contributed by atoms with Gasteiger partial charge in [-0.3, -0.25) is 4.79 Å². The summed E-state index contributed by atoms with van der Waals surface area (Å²) in [6, 6.07) is 9.36. The number of likely N-dealkylation sites (N-methyl/N-ethyl adjacent to an activating group) is 1. The maximum atomic E-state index is 13.5. The summed E-state index contributed by atoms with van der Waals surface area (Å²) < 4.78 is 26.5. The number of carbonyl (C=O) groups excluding carboxylic acids is 1. The monoisotopic (exact) mass is 293 g/mol. The van der Waals surface area contributed by atoms with Crippen molar-refractivity contribution in [2.45, 2.75) is 4.87 Å². The lowest BCUT2D eigenvalue weighted by Gasteiger charge is -2.21. The molecule has 0 fully saturated rings. The van der Waals surface area contributed by atoms with Crippen LogP contribution in [0.4, 0.5) is 14.5 Å². The number of hydrogen-bond acceptors (Lipinski definition) is 1. The zero-order chi connectivity index (χ0) is 14.5. The zero-order valence-corrected chi connectivity index (χ0v) is 11.3. The van der Waals surface area contributed by atoms with Crippen molar-refractivity contribution in [3.63, 3.8) is 0 Å². The Bertz CT molecular complexity index is 702. The van der Waals surface area contributed by atoms with Gasteiger partial charge in [0.15, 0.2) is 4.87 Å². The average Bonchev–Trinajstić information content (AvgIpc) is 2.62. The standard InChI is InChI=1S/C15H10ClF2NO/c1-19-13-7-6-11(18)8-12(13)15(16,14(19)20)9-2-4-10(17)5-3-9/h2-8H,1H3. The lowest BCUT2D eigenvalue weighted by molar-refractivity contribution is -0.119. The molecule has 1 unspecified atom stereocenters. The number of benzene rings is 2. The van der Waals surface area contributed by atoms with Crippen molar-refractivity contribution in [2.75, 3.05) is 11.9 Å². The van der Waals surface area contributed by atoms with Crippen molar-refractivity contribution in [1.29, 1.82) is 0 Å². The Balaban J connectivity index is 2.25. The third kappa shape index (κ3) is 1.64. The van der Waals surface area contributed by atoms with E-state index in [0.717, 1.165) is 0 Å².